The van der Waals surface area contributed by atoms with E-state index in [1.807, 2.05) is 45.0 Å². The van der Waals surface area contributed by atoms with E-state index in [9.17, 15) is 9.90 Å². The quantitative estimate of drug-likeness (QED) is 0.737. The van der Waals surface area contributed by atoms with E-state index in [2.05, 4.69) is 10.6 Å². The second-order valence-corrected chi connectivity index (χ2v) is 5.20. The number of hydrogen-bond donors (Lipinski definition) is 3. The fraction of sp³-hybridized carbons (Fsp3) is 0.533. The summed E-state index contributed by atoms with van der Waals surface area (Å²) in [5.41, 5.74) is 2.28. The average Bonchev–Trinajstić information content (AvgIpc) is 2.37. The molecule has 0 spiro atoms. The summed E-state index contributed by atoms with van der Waals surface area (Å²) in [6, 6.07) is 7.84. The van der Waals surface area contributed by atoms with Crippen molar-refractivity contribution in [1.29, 1.82) is 0 Å². The first-order valence-electron chi connectivity index (χ1n) is 6.74. The zero-order valence-electron chi connectivity index (χ0n) is 11.9. The molecule has 1 aromatic rings. The van der Waals surface area contributed by atoms with E-state index in [1.54, 1.807) is 0 Å². The van der Waals surface area contributed by atoms with Gasteiger partial charge in [-0.3, -0.25) is 0 Å². The minimum atomic E-state index is -0.364. The molecule has 1 atom stereocenters. The second-order valence-electron chi connectivity index (χ2n) is 5.20. The molecule has 4 nitrogen and oxygen atoms in total. The van der Waals surface area contributed by atoms with E-state index < -0.39 is 0 Å². The fourth-order valence-corrected chi connectivity index (χ4v) is 1.62. The molecule has 0 saturated carbocycles. The van der Waals surface area contributed by atoms with Crippen LogP contribution in [-0.2, 0) is 6.54 Å². The number of hydrogen-bond acceptors (Lipinski definition) is 2. The summed E-state index contributed by atoms with van der Waals surface area (Å²) < 4.78 is 0. The molecule has 0 aliphatic rings. The smallest absolute Gasteiger partial charge is 0.315 e. The molecule has 0 radical (unpaired) electrons. The van der Waals surface area contributed by atoms with Crippen LogP contribution in [0.2, 0.25) is 0 Å². The molecule has 19 heavy (non-hydrogen) atoms. The van der Waals surface area contributed by atoms with E-state index in [-0.39, 0.29) is 18.1 Å². The van der Waals surface area contributed by atoms with Gasteiger partial charge in [0.25, 0.3) is 0 Å². The lowest BCUT2D eigenvalue weighted by atomic mass is 10.0. The minimum absolute atomic E-state index is 0.198. The molecule has 0 fully saturated rings. The lowest BCUT2D eigenvalue weighted by Gasteiger charge is -2.14. The van der Waals surface area contributed by atoms with Gasteiger partial charge in [-0.1, -0.05) is 43.7 Å². The van der Waals surface area contributed by atoms with Crippen molar-refractivity contribution in [3.63, 3.8) is 0 Å². The molecule has 0 heterocycles. The fourth-order valence-electron chi connectivity index (χ4n) is 1.62. The van der Waals surface area contributed by atoms with E-state index in [0.717, 1.165) is 5.56 Å². The zero-order valence-corrected chi connectivity index (χ0v) is 11.9. The normalized spacial score (nSPS) is 12.3. The Balaban J connectivity index is 2.19. The van der Waals surface area contributed by atoms with Crippen LogP contribution in [0.4, 0.5) is 4.79 Å². The van der Waals surface area contributed by atoms with Crippen molar-refractivity contribution in [1.82, 2.24) is 10.6 Å². The van der Waals surface area contributed by atoms with Crippen molar-refractivity contribution in [2.24, 2.45) is 5.92 Å². The number of urea groups is 1. The van der Waals surface area contributed by atoms with E-state index in [1.165, 1.54) is 5.56 Å². The maximum atomic E-state index is 11.5. The van der Waals surface area contributed by atoms with E-state index >= 15 is 0 Å². The maximum absolute atomic E-state index is 11.5. The summed E-state index contributed by atoms with van der Waals surface area (Å²) in [6.45, 7) is 6.95. The topological polar surface area (TPSA) is 61.4 Å². The Morgan fingerprint density at radius 2 is 1.84 bits per heavy atom. The molecule has 4 heteroatoms. The lowest BCUT2D eigenvalue weighted by molar-refractivity contribution is 0.116. The lowest BCUT2D eigenvalue weighted by Crippen LogP contribution is -2.37. The van der Waals surface area contributed by atoms with Crippen molar-refractivity contribution < 1.29 is 9.90 Å². The molecule has 0 aromatic heterocycles. The summed E-state index contributed by atoms with van der Waals surface area (Å²) in [4.78, 5) is 11.5. The third-order valence-corrected chi connectivity index (χ3v) is 3.07. The van der Waals surface area contributed by atoms with E-state index in [0.29, 0.717) is 19.5 Å². The monoisotopic (exact) mass is 264 g/mol. The first-order valence-corrected chi connectivity index (χ1v) is 6.74. The largest absolute Gasteiger partial charge is 0.393 e. The zero-order chi connectivity index (χ0) is 14.3. The molecule has 0 aliphatic carbocycles. The first-order chi connectivity index (χ1) is 8.99. The van der Waals surface area contributed by atoms with Gasteiger partial charge in [0.05, 0.1) is 6.10 Å². The highest BCUT2D eigenvalue weighted by molar-refractivity contribution is 5.73. The molecule has 3 N–H and O–H groups in total. The Kier molecular flexibility index (Phi) is 6.36. The Bertz CT molecular complexity index is 388. The number of nitrogens with one attached hydrogen (secondary N) is 2. The van der Waals surface area contributed by atoms with Gasteiger partial charge in [-0.2, -0.15) is 0 Å². The SMILES string of the molecule is Cc1ccc(CNC(=O)NCCC(O)C(C)C)cc1. The molecular weight excluding hydrogens is 240 g/mol. The Labute approximate surface area is 115 Å². The Morgan fingerprint density at radius 3 is 2.42 bits per heavy atom. The summed E-state index contributed by atoms with van der Waals surface area (Å²) >= 11 is 0. The Morgan fingerprint density at radius 1 is 1.21 bits per heavy atom. The average molecular weight is 264 g/mol. The highest BCUT2D eigenvalue weighted by Crippen LogP contribution is 2.04. The molecule has 1 rings (SSSR count). The number of carbonyl (C=O) groups is 1. The third kappa shape index (κ3) is 6.25. The highest BCUT2D eigenvalue weighted by Gasteiger charge is 2.09. The second kappa shape index (κ2) is 7.79. The summed E-state index contributed by atoms with van der Waals surface area (Å²) in [7, 11) is 0. The predicted molar refractivity (Wildman–Crippen MR) is 76.9 cm³/mol. The van der Waals surface area contributed by atoms with Crippen LogP contribution < -0.4 is 10.6 Å². The van der Waals surface area contributed by atoms with Gasteiger partial charge in [0.1, 0.15) is 0 Å². The number of aliphatic hydroxyl groups is 1. The standard InChI is InChI=1S/C15H24N2O2/c1-11(2)14(18)8-9-16-15(19)17-10-13-6-4-12(3)5-7-13/h4-7,11,14,18H,8-10H2,1-3H3,(H2,16,17,19). The maximum Gasteiger partial charge on any atom is 0.315 e. The minimum Gasteiger partial charge on any atom is -0.393 e. The molecule has 0 aliphatic heterocycles. The van der Waals surface area contributed by atoms with Gasteiger partial charge in [0.2, 0.25) is 0 Å². The van der Waals surface area contributed by atoms with Crippen molar-refractivity contribution in [3.8, 4) is 0 Å². The van der Waals surface area contributed by atoms with Gasteiger partial charge >= 0.3 is 6.03 Å². The number of aryl methyl sites for hydroxylation is 1. The number of amides is 2. The molecule has 0 bridgehead atoms. The Hall–Kier alpha value is -1.55. The van der Waals surface area contributed by atoms with Crippen LogP contribution >= 0.6 is 0 Å². The van der Waals surface area contributed by atoms with Crippen LogP contribution in [0.25, 0.3) is 0 Å². The van der Waals surface area contributed by atoms with Crippen molar-refractivity contribution in [2.45, 2.75) is 39.8 Å². The number of rotatable bonds is 6. The van der Waals surface area contributed by atoms with E-state index in [4.69, 9.17) is 0 Å². The van der Waals surface area contributed by atoms with Crippen molar-refractivity contribution in [3.05, 3.63) is 35.4 Å². The third-order valence-electron chi connectivity index (χ3n) is 3.07. The van der Waals surface area contributed by atoms with Crippen LogP contribution in [0.3, 0.4) is 0 Å². The van der Waals surface area contributed by atoms with Gasteiger partial charge in [-0.05, 0) is 24.8 Å². The van der Waals surface area contributed by atoms with Crippen LogP contribution in [-0.4, -0.2) is 23.8 Å². The number of carbonyl (C=O) groups excluding carboxylic acids is 1. The molecular formula is C15H24N2O2. The van der Waals surface area contributed by atoms with Crippen molar-refractivity contribution >= 4 is 6.03 Å². The summed E-state index contributed by atoms with van der Waals surface area (Å²) in [5.74, 6) is 0.220. The first kappa shape index (κ1) is 15.5. The van der Waals surface area contributed by atoms with Gasteiger partial charge in [-0.15, -0.1) is 0 Å². The van der Waals surface area contributed by atoms with Crippen LogP contribution in [0, 0.1) is 12.8 Å². The summed E-state index contributed by atoms with van der Waals surface area (Å²) in [6.07, 6.45) is 0.215. The predicted octanol–water partition coefficient (Wildman–Crippen LogP) is 2.20. The summed E-state index contributed by atoms with van der Waals surface area (Å²) in [5, 5.41) is 15.1. The van der Waals surface area contributed by atoms with Crippen LogP contribution in [0.15, 0.2) is 24.3 Å². The van der Waals surface area contributed by atoms with Gasteiger partial charge in [0.15, 0.2) is 0 Å². The van der Waals surface area contributed by atoms with Crippen molar-refractivity contribution in [2.75, 3.05) is 6.54 Å². The van der Waals surface area contributed by atoms with Gasteiger partial charge in [0, 0.05) is 13.1 Å². The molecule has 2 amide bonds. The molecule has 1 unspecified atom stereocenters. The molecule has 106 valence electrons. The molecule has 1 aromatic carbocycles. The van der Waals surface area contributed by atoms with Crippen LogP contribution in [0.1, 0.15) is 31.4 Å². The van der Waals surface area contributed by atoms with Crippen LogP contribution in [0.5, 0.6) is 0 Å². The van der Waals surface area contributed by atoms with Gasteiger partial charge in [-0.25, -0.2) is 4.79 Å². The number of benzene rings is 1. The molecule has 0 saturated heterocycles. The number of aliphatic hydroxyl groups excluding tert-OH is 1. The highest BCUT2D eigenvalue weighted by atomic mass is 16.3. The van der Waals surface area contributed by atoms with Gasteiger partial charge < -0.3 is 15.7 Å².